The number of carbonyl (C=O) groups excluding carboxylic acids is 2. The van der Waals surface area contributed by atoms with Gasteiger partial charge in [0.2, 0.25) is 5.91 Å². The van der Waals surface area contributed by atoms with Crippen LogP contribution in [0.2, 0.25) is 0 Å². The Morgan fingerprint density at radius 3 is 2.76 bits per heavy atom. The lowest BCUT2D eigenvalue weighted by molar-refractivity contribution is -0.143. The number of nitrogens with zero attached hydrogens (tertiary/aromatic N) is 2. The Labute approximate surface area is 99.4 Å². The third kappa shape index (κ3) is 2.27. The van der Waals surface area contributed by atoms with Crippen LogP contribution in [0.5, 0.6) is 0 Å². The zero-order valence-corrected chi connectivity index (χ0v) is 9.79. The van der Waals surface area contributed by atoms with Crippen LogP contribution < -0.4 is 4.90 Å². The molecule has 0 radical (unpaired) electrons. The summed E-state index contributed by atoms with van der Waals surface area (Å²) in [5.41, 5.74) is 0. The molecule has 1 aliphatic carbocycles. The maximum atomic E-state index is 12.0. The average Bonchev–Trinajstić information content (AvgIpc) is 3.17. The first-order chi connectivity index (χ1) is 8.15. The Bertz CT molecular complexity index is 433. The zero-order chi connectivity index (χ0) is 12.4. The van der Waals surface area contributed by atoms with E-state index >= 15 is 0 Å². The third-order valence-electron chi connectivity index (χ3n) is 2.94. The molecule has 5 nitrogen and oxygen atoms in total. The lowest BCUT2D eigenvalue weighted by atomic mass is 10.3. The molecule has 1 saturated carbocycles. The van der Waals surface area contributed by atoms with E-state index in [1.54, 1.807) is 25.4 Å². The van der Waals surface area contributed by atoms with Gasteiger partial charge in [0.05, 0.1) is 18.9 Å². The Hall–Kier alpha value is -1.91. The maximum Gasteiger partial charge on any atom is 0.309 e. The van der Waals surface area contributed by atoms with E-state index in [-0.39, 0.29) is 23.7 Å². The highest BCUT2D eigenvalue weighted by Crippen LogP contribution is 2.41. The van der Waals surface area contributed by atoms with Crippen molar-refractivity contribution in [3.05, 3.63) is 24.4 Å². The van der Waals surface area contributed by atoms with Gasteiger partial charge in [-0.1, -0.05) is 6.07 Å². The molecule has 0 unspecified atom stereocenters. The third-order valence-corrected chi connectivity index (χ3v) is 2.94. The standard InChI is InChI=1S/C12H14N2O3/c1-14(10-5-3-4-6-13-10)11(15)8-7-9(8)12(16)17-2/h3-6,8-9H,7H2,1-2H3/t8-,9-/m1/s1. The second-order valence-electron chi connectivity index (χ2n) is 4.06. The van der Waals surface area contributed by atoms with Crippen LogP contribution in [0.3, 0.4) is 0 Å². The monoisotopic (exact) mass is 234 g/mol. The molecule has 1 aliphatic rings. The van der Waals surface area contributed by atoms with Gasteiger partial charge in [-0.05, 0) is 18.6 Å². The molecule has 1 fully saturated rings. The van der Waals surface area contributed by atoms with Gasteiger partial charge < -0.3 is 4.74 Å². The molecular weight excluding hydrogens is 220 g/mol. The predicted octanol–water partition coefficient (Wildman–Crippen LogP) is 0.853. The van der Waals surface area contributed by atoms with Crippen molar-refractivity contribution in [2.75, 3.05) is 19.1 Å². The molecule has 1 aromatic heterocycles. The first-order valence-electron chi connectivity index (χ1n) is 5.41. The van der Waals surface area contributed by atoms with Crippen molar-refractivity contribution in [2.24, 2.45) is 11.8 Å². The fraction of sp³-hybridized carbons (Fsp3) is 0.417. The number of pyridine rings is 1. The van der Waals surface area contributed by atoms with Crippen LogP contribution in [0.1, 0.15) is 6.42 Å². The topological polar surface area (TPSA) is 59.5 Å². The first-order valence-corrected chi connectivity index (χ1v) is 5.41. The lowest BCUT2D eigenvalue weighted by Gasteiger charge is -2.15. The minimum absolute atomic E-state index is 0.0842. The minimum Gasteiger partial charge on any atom is -0.469 e. The summed E-state index contributed by atoms with van der Waals surface area (Å²) >= 11 is 0. The molecule has 2 atom stereocenters. The molecule has 90 valence electrons. The summed E-state index contributed by atoms with van der Waals surface area (Å²) in [5.74, 6) is -0.335. The van der Waals surface area contributed by atoms with E-state index in [0.29, 0.717) is 12.2 Å². The number of aromatic nitrogens is 1. The van der Waals surface area contributed by atoms with E-state index in [9.17, 15) is 9.59 Å². The smallest absolute Gasteiger partial charge is 0.309 e. The van der Waals surface area contributed by atoms with Gasteiger partial charge in [-0.25, -0.2) is 4.98 Å². The highest BCUT2D eigenvalue weighted by atomic mass is 16.5. The highest BCUT2D eigenvalue weighted by molar-refractivity contribution is 5.99. The van der Waals surface area contributed by atoms with E-state index in [1.165, 1.54) is 12.0 Å². The van der Waals surface area contributed by atoms with Crippen LogP contribution in [0.15, 0.2) is 24.4 Å². The first kappa shape index (κ1) is 11.6. The molecule has 1 heterocycles. The SMILES string of the molecule is COC(=O)[C@@H]1C[C@H]1C(=O)N(C)c1ccccn1. The number of hydrogen-bond donors (Lipinski definition) is 0. The number of methoxy groups -OCH3 is 1. The molecule has 0 aromatic carbocycles. The highest BCUT2D eigenvalue weighted by Gasteiger charge is 2.50. The molecule has 0 spiro atoms. The maximum absolute atomic E-state index is 12.0. The van der Waals surface area contributed by atoms with Gasteiger partial charge in [-0.3, -0.25) is 14.5 Å². The van der Waals surface area contributed by atoms with E-state index in [1.807, 2.05) is 6.07 Å². The second kappa shape index (κ2) is 4.53. The molecule has 1 amide bonds. The number of carbonyl (C=O) groups is 2. The van der Waals surface area contributed by atoms with Crippen molar-refractivity contribution >= 4 is 17.7 Å². The second-order valence-corrected chi connectivity index (χ2v) is 4.06. The summed E-state index contributed by atoms with van der Waals surface area (Å²) in [5, 5.41) is 0. The van der Waals surface area contributed by atoms with E-state index in [2.05, 4.69) is 9.72 Å². The molecular formula is C12H14N2O3. The number of ether oxygens (including phenoxy) is 1. The predicted molar refractivity (Wildman–Crippen MR) is 61.3 cm³/mol. The minimum atomic E-state index is -0.308. The van der Waals surface area contributed by atoms with Gasteiger partial charge in [-0.2, -0.15) is 0 Å². The van der Waals surface area contributed by atoms with Crippen LogP contribution in [0, 0.1) is 11.8 Å². The zero-order valence-electron chi connectivity index (χ0n) is 9.79. The largest absolute Gasteiger partial charge is 0.469 e. The van der Waals surface area contributed by atoms with Gasteiger partial charge in [0.25, 0.3) is 0 Å². The van der Waals surface area contributed by atoms with E-state index < -0.39 is 0 Å². The molecule has 2 rings (SSSR count). The van der Waals surface area contributed by atoms with Gasteiger partial charge in [0, 0.05) is 13.2 Å². The molecule has 1 aromatic rings. The Morgan fingerprint density at radius 1 is 1.41 bits per heavy atom. The molecule has 0 aliphatic heterocycles. The Balaban J connectivity index is 2.01. The van der Waals surface area contributed by atoms with Crippen LogP contribution in [0.25, 0.3) is 0 Å². The van der Waals surface area contributed by atoms with Gasteiger partial charge >= 0.3 is 5.97 Å². The van der Waals surface area contributed by atoms with Crippen molar-refractivity contribution in [3.63, 3.8) is 0 Å². The number of anilines is 1. The summed E-state index contributed by atoms with van der Waals surface area (Å²) in [6.07, 6.45) is 2.20. The van der Waals surface area contributed by atoms with Crippen LogP contribution in [0.4, 0.5) is 5.82 Å². The summed E-state index contributed by atoms with van der Waals surface area (Å²) in [6, 6.07) is 5.36. The summed E-state index contributed by atoms with van der Waals surface area (Å²) < 4.78 is 4.61. The Kier molecular flexibility index (Phi) is 3.08. The lowest BCUT2D eigenvalue weighted by Crippen LogP contribution is -2.29. The van der Waals surface area contributed by atoms with E-state index in [4.69, 9.17) is 0 Å². The number of hydrogen-bond acceptors (Lipinski definition) is 4. The van der Waals surface area contributed by atoms with Crippen LogP contribution in [-0.2, 0) is 14.3 Å². The van der Waals surface area contributed by atoms with Crippen molar-refractivity contribution < 1.29 is 14.3 Å². The average molecular weight is 234 g/mol. The Morgan fingerprint density at radius 2 is 2.18 bits per heavy atom. The van der Waals surface area contributed by atoms with Crippen molar-refractivity contribution in [1.29, 1.82) is 0 Å². The number of amides is 1. The summed E-state index contributed by atoms with van der Waals surface area (Å²) in [6.45, 7) is 0. The number of rotatable bonds is 3. The van der Waals surface area contributed by atoms with Gasteiger partial charge in [-0.15, -0.1) is 0 Å². The summed E-state index contributed by atoms with van der Waals surface area (Å²) in [7, 11) is 3.00. The molecule has 0 N–H and O–H groups in total. The van der Waals surface area contributed by atoms with E-state index in [0.717, 1.165) is 0 Å². The quantitative estimate of drug-likeness (QED) is 0.727. The van der Waals surface area contributed by atoms with Gasteiger partial charge in [0.15, 0.2) is 0 Å². The van der Waals surface area contributed by atoms with Crippen molar-refractivity contribution in [2.45, 2.75) is 6.42 Å². The van der Waals surface area contributed by atoms with Gasteiger partial charge in [0.1, 0.15) is 5.82 Å². The summed E-state index contributed by atoms with van der Waals surface area (Å²) in [4.78, 5) is 28.8. The van der Waals surface area contributed by atoms with Crippen molar-refractivity contribution in [1.82, 2.24) is 4.98 Å². The molecule has 5 heteroatoms. The fourth-order valence-corrected chi connectivity index (χ4v) is 1.79. The molecule has 17 heavy (non-hydrogen) atoms. The fourth-order valence-electron chi connectivity index (χ4n) is 1.79. The number of esters is 1. The van der Waals surface area contributed by atoms with Crippen LogP contribution >= 0.6 is 0 Å². The molecule has 0 bridgehead atoms. The normalized spacial score (nSPS) is 21.8. The van der Waals surface area contributed by atoms with Crippen LogP contribution in [-0.4, -0.2) is 31.0 Å². The molecule has 0 saturated heterocycles. The van der Waals surface area contributed by atoms with Crippen molar-refractivity contribution in [3.8, 4) is 0 Å².